The van der Waals surface area contributed by atoms with E-state index in [1.165, 1.54) is 18.7 Å². The van der Waals surface area contributed by atoms with E-state index >= 15 is 0 Å². The summed E-state index contributed by atoms with van der Waals surface area (Å²) in [5.74, 6) is 0. The Morgan fingerprint density at radius 2 is 2.47 bits per heavy atom. The molecule has 2 heterocycles. The quantitative estimate of drug-likeness (QED) is 0.795. The second-order valence-electron chi connectivity index (χ2n) is 4.27. The van der Waals surface area contributed by atoms with Gasteiger partial charge in [0.1, 0.15) is 0 Å². The van der Waals surface area contributed by atoms with Crippen LogP contribution in [0.15, 0.2) is 24.4 Å². The molecule has 1 atom stereocenters. The summed E-state index contributed by atoms with van der Waals surface area (Å²) in [6.45, 7) is 3.44. The molecule has 1 aliphatic rings. The van der Waals surface area contributed by atoms with Gasteiger partial charge in [-0.05, 0) is 32.0 Å². The lowest BCUT2D eigenvalue weighted by molar-refractivity contribution is 0.232. The van der Waals surface area contributed by atoms with Crippen LogP contribution in [0.5, 0.6) is 0 Å². The van der Waals surface area contributed by atoms with Gasteiger partial charge >= 0.3 is 0 Å². The Kier molecular flexibility index (Phi) is 3.69. The lowest BCUT2D eigenvalue weighted by atomic mass is 10.1. The van der Waals surface area contributed by atoms with Gasteiger partial charge in [0.05, 0.1) is 0 Å². The average molecular weight is 205 g/mol. The zero-order chi connectivity index (χ0) is 10.5. The first-order chi connectivity index (χ1) is 7.34. The minimum Gasteiger partial charge on any atom is -0.311 e. The van der Waals surface area contributed by atoms with Gasteiger partial charge < -0.3 is 10.2 Å². The number of likely N-dealkylation sites (N-methyl/N-ethyl adjacent to an activating group) is 1. The molecular formula is C12H19N3. The SMILES string of the molecule is CN1CCNC(CCc2ccccn2)C1. The first-order valence-electron chi connectivity index (χ1n) is 5.66. The molecule has 0 aromatic carbocycles. The highest BCUT2D eigenvalue weighted by atomic mass is 15.2. The number of aryl methyl sites for hydroxylation is 1. The maximum absolute atomic E-state index is 4.34. The van der Waals surface area contributed by atoms with Crippen LogP contribution in [0.1, 0.15) is 12.1 Å². The van der Waals surface area contributed by atoms with Crippen LogP contribution in [0.4, 0.5) is 0 Å². The third kappa shape index (κ3) is 3.29. The summed E-state index contributed by atoms with van der Waals surface area (Å²) in [6, 6.07) is 6.76. The molecule has 1 N–H and O–H groups in total. The first-order valence-corrected chi connectivity index (χ1v) is 5.66. The monoisotopic (exact) mass is 205 g/mol. The molecule has 0 amide bonds. The summed E-state index contributed by atoms with van der Waals surface area (Å²) in [6.07, 6.45) is 4.13. The van der Waals surface area contributed by atoms with Crippen LogP contribution in [0.3, 0.4) is 0 Å². The van der Waals surface area contributed by atoms with Gasteiger partial charge in [-0.15, -0.1) is 0 Å². The van der Waals surface area contributed by atoms with E-state index in [4.69, 9.17) is 0 Å². The molecule has 82 valence electrons. The molecule has 1 unspecified atom stereocenters. The van der Waals surface area contributed by atoms with Crippen molar-refractivity contribution in [3.05, 3.63) is 30.1 Å². The fraction of sp³-hybridized carbons (Fsp3) is 0.583. The molecule has 1 aromatic heterocycles. The molecule has 1 aromatic rings. The zero-order valence-electron chi connectivity index (χ0n) is 9.32. The third-order valence-corrected chi connectivity index (χ3v) is 2.93. The largest absolute Gasteiger partial charge is 0.311 e. The normalized spacial score (nSPS) is 22.9. The Bertz CT molecular complexity index is 286. The van der Waals surface area contributed by atoms with Gasteiger partial charge in [-0.3, -0.25) is 4.98 Å². The molecule has 0 radical (unpaired) electrons. The van der Waals surface area contributed by atoms with Crippen LogP contribution in [0.25, 0.3) is 0 Å². The van der Waals surface area contributed by atoms with Crippen LogP contribution in [-0.4, -0.2) is 42.6 Å². The van der Waals surface area contributed by atoms with Crippen molar-refractivity contribution in [1.82, 2.24) is 15.2 Å². The summed E-state index contributed by atoms with van der Waals surface area (Å²) in [4.78, 5) is 6.73. The number of hydrogen-bond donors (Lipinski definition) is 1. The van der Waals surface area contributed by atoms with Crippen LogP contribution in [-0.2, 0) is 6.42 Å². The highest BCUT2D eigenvalue weighted by Crippen LogP contribution is 2.05. The number of nitrogens with one attached hydrogen (secondary N) is 1. The van der Waals surface area contributed by atoms with Crippen molar-refractivity contribution in [2.45, 2.75) is 18.9 Å². The molecule has 3 heteroatoms. The number of aromatic nitrogens is 1. The number of hydrogen-bond acceptors (Lipinski definition) is 3. The topological polar surface area (TPSA) is 28.2 Å². The van der Waals surface area contributed by atoms with Gasteiger partial charge in [0.2, 0.25) is 0 Å². The van der Waals surface area contributed by atoms with E-state index in [0.717, 1.165) is 19.5 Å². The average Bonchev–Trinajstić information content (AvgIpc) is 2.28. The molecule has 3 nitrogen and oxygen atoms in total. The second kappa shape index (κ2) is 5.24. The summed E-state index contributed by atoms with van der Waals surface area (Å²) in [5.41, 5.74) is 1.20. The Balaban J connectivity index is 1.78. The molecule has 0 saturated carbocycles. The maximum Gasteiger partial charge on any atom is 0.0404 e. The predicted molar refractivity (Wildman–Crippen MR) is 61.8 cm³/mol. The molecule has 15 heavy (non-hydrogen) atoms. The van der Waals surface area contributed by atoms with Gasteiger partial charge in [-0.2, -0.15) is 0 Å². The van der Waals surface area contributed by atoms with Crippen LogP contribution in [0, 0.1) is 0 Å². The number of rotatable bonds is 3. The van der Waals surface area contributed by atoms with Crippen molar-refractivity contribution in [3.8, 4) is 0 Å². The molecule has 1 fully saturated rings. The summed E-state index contributed by atoms with van der Waals surface area (Å²) < 4.78 is 0. The number of pyridine rings is 1. The lowest BCUT2D eigenvalue weighted by Crippen LogP contribution is -2.49. The summed E-state index contributed by atoms with van der Waals surface area (Å²) in [5, 5.41) is 3.55. The Morgan fingerprint density at radius 1 is 1.53 bits per heavy atom. The fourth-order valence-electron chi connectivity index (χ4n) is 2.05. The molecule has 0 aliphatic carbocycles. The minimum atomic E-state index is 0.630. The molecule has 0 bridgehead atoms. The van der Waals surface area contributed by atoms with Gasteiger partial charge in [0.25, 0.3) is 0 Å². The van der Waals surface area contributed by atoms with E-state index in [0.29, 0.717) is 6.04 Å². The van der Waals surface area contributed by atoms with Crippen molar-refractivity contribution in [1.29, 1.82) is 0 Å². The van der Waals surface area contributed by atoms with Crippen LogP contribution in [0.2, 0.25) is 0 Å². The second-order valence-corrected chi connectivity index (χ2v) is 4.27. The van der Waals surface area contributed by atoms with E-state index in [9.17, 15) is 0 Å². The van der Waals surface area contributed by atoms with E-state index in [1.54, 1.807) is 0 Å². The first kappa shape index (κ1) is 10.6. The highest BCUT2D eigenvalue weighted by molar-refractivity contribution is 5.03. The van der Waals surface area contributed by atoms with Gasteiger partial charge in [0, 0.05) is 37.6 Å². The van der Waals surface area contributed by atoms with E-state index in [1.807, 2.05) is 12.3 Å². The Morgan fingerprint density at radius 3 is 3.20 bits per heavy atom. The Hall–Kier alpha value is -0.930. The van der Waals surface area contributed by atoms with Crippen molar-refractivity contribution in [2.75, 3.05) is 26.7 Å². The third-order valence-electron chi connectivity index (χ3n) is 2.93. The molecular weight excluding hydrogens is 186 g/mol. The van der Waals surface area contributed by atoms with Crippen molar-refractivity contribution >= 4 is 0 Å². The van der Waals surface area contributed by atoms with Gasteiger partial charge in [-0.1, -0.05) is 6.07 Å². The highest BCUT2D eigenvalue weighted by Gasteiger charge is 2.15. The molecule has 0 spiro atoms. The molecule has 1 aliphatic heterocycles. The predicted octanol–water partition coefficient (Wildman–Crippen LogP) is 0.918. The number of piperazine rings is 1. The maximum atomic E-state index is 4.34. The zero-order valence-corrected chi connectivity index (χ0v) is 9.32. The number of nitrogens with zero attached hydrogens (tertiary/aromatic N) is 2. The van der Waals surface area contributed by atoms with Gasteiger partial charge in [0.15, 0.2) is 0 Å². The fourth-order valence-corrected chi connectivity index (χ4v) is 2.05. The van der Waals surface area contributed by atoms with Crippen LogP contribution >= 0.6 is 0 Å². The van der Waals surface area contributed by atoms with Crippen molar-refractivity contribution in [2.24, 2.45) is 0 Å². The summed E-state index contributed by atoms with van der Waals surface area (Å²) in [7, 11) is 2.19. The minimum absolute atomic E-state index is 0.630. The van der Waals surface area contributed by atoms with E-state index in [-0.39, 0.29) is 0 Å². The van der Waals surface area contributed by atoms with Gasteiger partial charge in [-0.25, -0.2) is 0 Å². The Labute approximate surface area is 91.5 Å². The van der Waals surface area contributed by atoms with Crippen molar-refractivity contribution in [3.63, 3.8) is 0 Å². The van der Waals surface area contributed by atoms with E-state index < -0.39 is 0 Å². The van der Waals surface area contributed by atoms with Crippen LogP contribution < -0.4 is 5.32 Å². The van der Waals surface area contributed by atoms with Crippen molar-refractivity contribution < 1.29 is 0 Å². The molecule has 1 saturated heterocycles. The summed E-state index contributed by atoms with van der Waals surface area (Å²) >= 11 is 0. The molecule has 2 rings (SSSR count). The van der Waals surface area contributed by atoms with E-state index in [2.05, 4.69) is 34.4 Å². The standard InChI is InChI=1S/C12H19N3/c1-15-9-8-14-12(10-15)6-5-11-4-2-3-7-13-11/h2-4,7,12,14H,5-6,8-10H2,1H3. The smallest absolute Gasteiger partial charge is 0.0404 e. The lowest BCUT2D eigenvalue weighted by Gasteiger charge is -2.30.